The zero-order chi connectivity index (χ0) is 30.1. The van der Waals surface area contributed by atoms with Crippen molar-refractivity contribution in [2.45, 2.75) is 224 Å². The zero-order valence-electron chi connectivity index (χ0n) is 27.7. The first-order valence-electron chi connectivity index (χ1n) is 18.5. The number of hydrogen-bond acceptors (Lipinski definition) is 1. The van der Waals surface area contributed by atoms with Crippen molar-refractivity contribution in [1.82, 2.24) is 0 Å². The number of hydrogen-bond donors (Lipinski definition) is 1. The maximum absolute atomic E-state index is 10.5. The fourth-order valence-corrected chi connectivity index (χ4v) is 7.69. The van der Waals surface area contributed by atoms with Gasteiger partial charge in [0.2, 0.25) is 6.69 Å². The molecule has 2 nitrogen and oxygen atoms in total. The van der Waals surface area contributed by atoms with Crippen molar-refractivity contribution >= 4 is 34.8 Å². The van der Waals surface area contributed by atoms with Crippen LogP contribution in [-0.2, 0) is 4.79 Å². The van der Waals surface area contributed by atoms with Crippen molar-refractivity contribution < 1.29 is 9.90 Å². The summed E-state index contributed by atoms with van der Waals surface area (Å²) in [5.74, 6) is -0.650. The SMILES string of the molecule is C[Si](Cl)(Cl)CCCCCCCCCCCCCCCCCCCCCCCCCCCCCCCCCCC(=O)O. The maximum atomic E-state index is 10.5. The van der Waals surface area contributed by atoms with Crippen LogP contribution in [0.25, 0.3) is 0 Å². The molecule has 0 aromatic carbocycles. The fourth-order valence-electron chi connectivity index (χ4n) is 6.01. The summed E-state index contributed by atoms with van der Waals surface area (Å²) in [6, 6.07) is 1.06. The van der Waals surface area contributed by atoms with E-state index in [4.69, 9.17) is 27.3 Å². The Morgan fingerprint density at radius 2 is 0.561 bits per heavy atom. The van der Waals surface area contributed by atoms with Crippen LogP contribution in [0, 0.1) is 0 Å². The molecule has 0 saturated heterocycles. The van der Waals surface area contributed by atoms with Crippen molar-refractivity contribution in [2.75, 3.05) is 0 Å². The molecule has 0 aliphatic carbocycles. The van der Waals surface area contributed by atoms with Gasteiger partial charge in [0.1, 0.15) is 0 Å². The second kappa shape index (κ2) is 33.2. The monoisotopic (exact) mass is 634 g/mol. The van der Waals surface area contributed by atoms with Gasteiger partial charge in [0.25, 0.3) is 0 Å². The Hall–Kier alpha value is 0.267. The molecule has 0 radical (unpaired) electrons. The summed E-state index contributed by atoms with van der Waals surface area (Å²) < 4.78 is 0. The number of aliphatic carboxylic acids is 1. The second-order valence-corrected chi connectivity index (χ2v) is 21.5. The smallest absolute Gasteiger partial charge is 0.303 e. The van der Waals surface area contributed by atoms with E-state index in [0.29, 0.717) is 6.42 Å². The summed E-state index contributed by atoms with van der Waals surface area (Å²) in [5.41, 5.74) is 0. The second-order valence-electron chi connectivity index (χ2n) is 13.3. The molecule has 0 heterocycles. The van der Waals surface area contributed by atoms with E-state index in [1.54, 1.807) is 0 Å². The minimum Gasteiger partial charge on any atom is -0.481 e. The van der Waals surface area contributed by atoms with Crippen LogP contribution in [0.1, 0.15) is 212 Å². The summed E-state index contributed by atoms with van der Waals surface area (Å²) in [4.78, 5) is 10.5. The first-order chi connectivity index (χ1) is 19.9. The fraction of sp³-hybridized carbons (Fsp3) is 0.972. The van der Waals surface area contributed by atoms with Crippen molar-refractivity contribution in [2.24, 2.45) is 0 Å². The van der Waals surface area contributed by atoms with Crippen LogP contribution in [0.2, 0.25) is 12.6 Å². The summed E-state index contributed by atoms with van der Waals surface area (Å²) in [5, 5.41) is 8.64. The van der Waals surface area contributed by atoms with Crippen molar-refractivity contribution in [1.29, 1.82) is 0 Å². The molecule has 0 atom stereocenters. The molecule has 0 amide bonds. The summed E-state index contributed by atoms with van der Waals surface area (Å²) in [7, 11) is 0. The molecule has 0 bridgehead atoms. The van der Waals surface area contributed by atoms with Gasteiger partial charge in [-0.1, -0.05) is 199 Å². The molecular formula is C36H72Cl2O2Si. The van der Waals surface area contributed by atoms with Gasteiger partial charge in [0.15, 0.2) is 0 Å². The Kier molecular flexibility index (Phi) is 33.4. The van der Waals surface area contributed by atoms with E-state index in [-0.39, 0.29) is 0 Å². The Morgan fingerprint density at radius 1 is 0.390 bits per heavy atom. The van der Waals surface area contributed by atoms with E-state index < -0.39 is 12.7 Å². The van der Waals surface area contributed by atoms with Gasteiger partial charge in [-0.3, -0.25) is 4.79 Å². The first-order valence-corrected chi connectivity index (χ1v) is 23.2. The van der Waals surface area contributed by atoms with E-state index >= 15 is 0 Å². The summed E-state index contributed by atoms with van der Waals surface area (Å²) >= 11 is 12.3. The number of carboxylic acids is 1. The van der Waals surface area contributed by atoms with E-state index in [0.717, 1.165) is 18.9 Å². The average Bonchev–Trinajstić information content (AvgIpc) is 2.92. The summed E-state index contributed by atoms with van der Waals surface area (Å²) in [6.45, 7) is 0.189. The van der Waals surface area contributed by atoms with E-state index in [2.05, 4.69) is 0 Å². The van der Waals surface area contributed by atoms with Crippen LogP contribution in [0.3, 0.4) is 0 Å². The zero-order valence-corrected chi connectivity index (χ0v) is 30.2. The lowest BCUT2D eigenvalue weighted by atomic mass is 10.0. The Morgan fingerprint density at radius 3 is 0.732 bits per heavy atom. The van der Waals surface area contributed by atoms with Crippen LogP contribution in [0.15, 0.2) is 0 Å². The van der Waals surface area contributed by atoms with Crippen LogP contribution in [0.5, 0.6) is 0 Å². The lowest BCUT2D eigenvalue weighted by Gasteiger charge is -2.09. The quantitative estimate of drug-likeness (QED) is 0.0427. The Labute approximate surface area is 268 Å². The molecule has 0 aromatic rings. The van der Waals surface area contributed by atoms with Gasteiger partial charge in [0.05, 0.1) is 0 Å². The van der Waals surface area contributed by atoms with Crippen molar-refractivity contribution in [3.05, 3.63) is 0 Å². The highest BCUT2D eigenvalue weighted by atomic mass is 35.7. The predicted molar refractivity (Wildman–Crippen MR) is 188 cm³/mol. The number of carboxylic acid groups (broad SMARTS) is 1. The van der Waals surface area contributed by atoms with Crippen LogP contribution < -0.4 is 0 Å². The van der Waals surface area contributed by atoms with Crippen molar-refractivity contribution in [3.8, 4) is 0 Å². The molecule has 0 rings (SSSR count). The summed E-state index contributed by atoms with van der Waals surface area (Å²) in [6.07, 6.45) is 44.6. The van der Waals surface area contributed by atoms with Crippen LogP contribution in [0.4, 0.5) is 0 Å². The van der Waals surface area contributed by atoms with Gasteiger partial charge >= 0.3 is 5.97 Å². The van der Waals surface area contributed by atoms with Gasteiger partial charge in [-0.15, -0.1) is 22.2 Å². The van der Waals surface area contributed by atoms with Gasteiger partial charge in [-0.2, -0.15) is 0 Å². The van der Waals surface area contributed by atoms with Gasteiger partial charge in [0, 0.05) is 6.42 Å². The molecule has 0 aliphatic heterocycles. The Balaban J connectivity index is 3.05. The van der Waals surface area contributed by atoms with Crippen molar-refractivity contribution in [3.63, 3.8) is 0 Å². The van der Waals surface area contributed by atoms with Gasteiger partial charge in [-0.05, 0) is 19.0 Å². The lowest BCUT2D eigenvalue weighted by Crippen LogP contribution is -2.11. The highest BCUT2D eigenvalue weighted by Gasteiger charge is 2.19. The molecule has 0 unspecified atom stereocenters. The maximum Gasteiger partial charge on any atom is 0.303 e. The third kappa shape index (κ3) is 40.3. The normalized spacial score (nSPS) is 11.9. The van der Waals surface area contributed by atoms with E-state index in [1.165, 1.54) is 193 Å². The standard InChI is InChI=1S/C36H72Cl2O2Si/c1-41(37,38)35-33-31-29-27-25-23-21-19-17-15-13-11-9-7-5-3-2-4-6-8-10-12-14-16-18-20-22-24-26-28-30-32-34-36(39)40/h2-35H2,1H3,(H,39,40). The third-order valence-corrected chi connectivity index (χ3v) is 11.1. The largest absolute Gasteiger partial charge is 0.481 e. The van der Waals surface area contributed by atoms with E-state index in [1.807, 2.05) is 6.55 Å². The molecule has 0 fully saturated rings. The van der Waals surface area contributed by atoms with Crippen LogP contribution in [-0.4, -0.2) is 17.8 Å². The highest BCUT2D eigenvalue weighted by molar-refractivity contribution is 7.44. The van der Waals surface area contributed by atoms with Crippen LogP contribution >= 0.6 is 22.2 Å². The van der Waals surface area contributed by atoms with Gasteiger partial charge < -0.3 is 5.11 Å². The van der Waals surface area contributed by atoms with Gasteiger partial charge in [-0.25, -0.2) is 0 Å². The predicted octanol–water partition coefficient (Wildman–Crippen LogP) is 14.5. The molecule has 0 aliphatic rings. The molecular weight excluding hydrogens is 563 g/mol. The molecule has 246 valence electrons. The molecule has 41 heavy (non-hydrogen) atoms. The number of halogens is 2. The molecule has 5 heteroatoms. The topological polar surface area (TPSA) is 37.3 Å². The highest BCUT2D eigenvalue weighted by Crippen LogP contribution is 2.23. The molecule has 0 saturated carbocycles. The number of rotatable bonds is 35. The third-order valence-electron chi connectivity index (χ3n) is 8.76. The van der Waals surface area contributed by atoms with E-state index in [9.17, 15) is 4.79 Å². The molecule has 0 spiro atoms. The molecule has 0 aromatic heterocycles. The first kappa shape index (κ1) is 41.3. The average molecular weight is 636 g/mol. The number of unbranched alkanes of at least 4 members (excludes halogenated alkanes) is 31. The minimum absolute atomic E-state index is 0.343. The lowest BCUT2D eigenvalue weighted by molar-refractivity contribution is -0.137. The minimum atomic E-state index is -1.85. The Bertz CT molecular complexity index is 524. The molecule has 1 N–H and O–H groups in total. The number of carbonyl (C=O) groups is 1.